The summed E-state index contributed by atoms with van der Waals surface area (Å²) >= 11 is -5.12. The molecule has 4 nitrogen and oxygen atoms in total. The Kier molecular flexibility index (Phi) is 16.1. The molecule has 0 aromatic carbocycles. The van der Waals surface area contributed by atoms with Gasteiger partial charge in [-0.1, -0.05) is 0 Å². The standard InChI is InChI=1S/AsH3O4.Rb.Ti/c2-1(3,4)5;;/h(H3,2,3,4,5);;. The van der Waals surface area contributed by atoms with E-state index in [1.165, 1.54) is 0 Å². The Balaban J connectivity index is -0.0000000800. The average molecular weight is 275 g/mol. The minimum Gasteiger partial charge on any atom is 0 e. The molecule has 0 aliphatic heterocycles. The molecular weight excluding hydrogens is 272 g/mol. The van der Waals surface area contributed by atoms with Gasteiger partial charge >= 0.3 is 30.5 Å². The third-order valence-corrected chi connectivity index (χ3v) is 0. The Bertz CT molecular complexity index is 57.8. The number of rotatable bonds is 0. The van der Waals surface area contributed by atoms with Crippen LogP contribution in [0.25, 0.3) is 0 Å². The van der Waals surface area contributed by atoms with Gasteiger partial charge in [0, 0.05) is 79.9 Å². The van der Waals surface area contributed by atoms with Crippen LogP contribution in [-0.2, 0) is 25.5 Å². The summed E-state index contributed by atoms with van der Waals surface area (Å²) in [5.74, 6) is 0. The molecule has 7 heteroatoms. The molecule has 0 aromatic rings. The Labute approximate surface area is 108 Å². The first-order valence-corrected chi connectivity index (χ1v) is 4.07. The van der Waals surface area contributed by atoms with Crippen molar-refractivity contribution in [3.05, 3.63) is 0 Å². The van der Waals surface area contributed by atoms with Crippen molar-refractivity contribution >= 4 is 72.7 Å². The van der Waals surface area contributed by atoms with Crippen LogP contribution < -0.4 is 0 Å². The Morgan fingerprint density at radius 1 is 1.14 bits per heavy atom. The monoisotopic (exact) mass is 275 g/mol. The summed E-state index contributed by atoms with van der Waals surface area (Å²) in [6.45, 7) is 0. The van der Waals surface area contributed by atoms with Gasteiger partial charge < -0.3 is 0 Å². The molecule has 0 saturated carbocycles. The van der Waals surface area contributed by atoms with E-state index in [-0.39, 0.29) is 79.9 Å². The van der Waals surface area contributed by atoms with Gasteiger partial charge in [0.2, 0.25) is 0 Å². The smallest absolute Gasteiger partial charge is 0 e. The largest absolute Gasteiger partial charge is 0 e. The second kappa shape index (κ2) is 6.87. The van der Waals surface area contributed by atoms with Crippen molar-refractivity contribution in [1.29, 1.82) is 0 Å². The van der Waals surface area contributed by atoms with Gasteiger partial charge in [-0.25, -0.2) is 0 Å². The van der Waals surface area contributed by atoms with Gasteiger partial charge in [0.05, 0.1) is 0 Å². The summed E-state index contributed by atoms with van der Waals surface area (Å²) in [4.78, 5) is 0. The molecular formula is H3AsO4RbTi. The first kappa shape index (κ1) is 16.4. The van der Waals surface area contributed by atoms with Gasteiger partial charge in [0.15, 0.2) is 0 Å². The van der Waals surface area contributed by atoms with Crippen LogP contribution in [-0.4, -0.2) is 85.0 Å². The van der Waals surface area contributed by atoms with Crippen LogP contribution in [0.4, 0.5) is 0 Å². The maximum absolute atomic E-state index is 8.94. The van der Waals surface area contributed by atoms with Crippen LogP contribution in [0.5, 0.6) is 0 Å². The van der Waals surface area contributed by atoms with E-state index in [0.717, 1.165) is 0 Å². The fourth-order valence-electron chi connectivity index (χ4n) is 0. The van der Waals surface area contributed by atoms with E-state index in [4.69, 9.17) is 16.0 Å². The van der Waals surface area contributed by atoms with Crippen LogP contribution in [0.1, 0.15) is 0 Å². The molecule has 0 fully saturated rings. The van der Waals surface area contributed by atoms with E-state index in [2.05, 4.69) is 0 Å². The summed E-state index contributed by atoms with van der Waals surface area (Å²) in [6, 6.07) is 0. The SMILES string of the molecule is O=[As](O)(O)O.[Rb].[Ti]. The van der Waals surface area contributed by atoms with Crippen molar-refractivity contribution in [2.45, 2.75) is 0 Å². The van der Waals surface area contributed by atoms with Gasteiger partial charge in [-0.05, 0) is 0 Å². The molecule has 0 amide bonds. The second-order valence-electron chi connectivity index (χ2n) is 0.513. The zero-order valence-corrected chi connectivity index (χ0v) is 12.1. The molecule has 7 heavy (non-hydrogen) atoms. The molecule has 1 radical (unpaired) electrons. The zero-order valence-electron chi connectivity index (χ0n) is 3.70. The van der Waals surface area contributed by atoms with Crippen molar-refractivity contribution in [1.82, 2.24) is 0 Å². The van der Waals surface area contributed by atoms with E-state index in [0.29, 0.717) is 0 Å². The summed E-state index contributed by atoms with van der Waals surface area (Å²) in [6.07, 6.45) is 0. The minimum atomic E-state index is -5.12. The fourth-order valence-corrected chi connectivity index (χ4v) is 0. The first-order chi connectivity index (χ1) is 2.00. The van der Waals surface area contributed by atoms with Gasteiger partial charge in [-0.3, -0.25) is 0 Å². The normalized spacial score (nSPS) is 8.43. The van der Waals surface area contributed by atoms with Crippen LogP contribution in [0.15, 0.2) is 0 Å². The molecule has 0 rings (SSSR count). The Morgan fingerprint density at radius 3 is 1.14 bits per heavy atom. The fraction of sp³-hybridized carbons (Fsp3) is 0. The summed E-state index contributed by atoms with van der Waals surface area (Å²) in [7, 11) is 0. The predicted octanol–water partition coefficient (Wildman–Crippen LogP) is -2.55. The summed E-state index contributed by atoms with van der Waals surface area (Å²) < 4.78 is 30.7. The third kappa shape index (κ3) is 52.6. The molecule has 0 spiro atoms. The second-order valence-corrected chi connectivity index (χ2v) is 2.67. The van der Waals surface area contributed by atoms with E-state index in [1.54, 1.807) is 0 Å². The van der Waals surface area contributed by atoms with Crippen molar-refractivity contribution < 1.29 is 37.7 Å². The average Bonchev–Trinajstić information content (AvgIpc) is 0.722. The van der Waals surface area contributed by atoms with E-state index in [1.807, 2.05) is 0 Å². The molecule has 0 aliphatic rings. The minimum absolute atomic E-state index is 0. The third-order valence-electron chi connectivity index (χ3n) is 0. The quantitative estimate of drug-likeness (QED) is 0.425. The molecule has 0 saturated heterocycles. The first-order valence-electron chi connectivity index (χ1n) is 0.783. The van der Waals surface area contributed by atoms with Crippen LogP contribution in [0.2, 0.25) is 0 Å². The number of hydrogen-bond acceptors (Lipinski definition) is 1. The van der Waals surface area contributed by atoms with E-state index < -0.39 is 14.5 Å². The van der Waals surface area contributed by atoms with Crippen LogP contribution in [0, 0.1) is 0 Å². The molecule has 0 unspecified atom stereocenters. The zero-order chi connectivity index (χ0) is 4.50. The van der Waals surface area contributed by atoms with Gasteiger partial charge in [-0.2, -0.15) is 0 Å². The van der Waals surface area contributed by atoms with Gasteiger partial charge in [-0.15, -0.1) is 0 Å². The molecule has 0 aromatic heterocycles. The maximum atomic E-state index is 8.94. The molecule has 0 bridgehead atoms. The summed E-state index contributed by atoms with van der Waals surface area (Å²) in [5.41, 5.74) is 0. The van der Waals surface area contributed by atoms with Crippen LogP contribution in [0.3, 0.4) is 0 Å². The molecule has 0 atom stereocenters. The van der Waals surface area contributed by atoms with Crippen LogP contribution >= 0.6 is 0 Å². The van der Waals surface area contributed by atoms with Crippen molar-refractivity contribution in [2.75, 3.05) is 0 Å². The van der Waals surface area contributed by atoms with Crippen molar-refractivity contribution in [3.8, 4) is 0 Å². The molecule has 0 heterocycles. The Hall–Kier alpha value is 2.76. The van der Waals surface area contributed by atoms with Crippen molar-refractivity contribution in [2.24, 2.45) is 0 Å². The topological polar surface area (TPSA) is 77.8 Å². The van der Waals surface area contributed by atoms with Crippen molar-refractivity contribution in [3.63, 3.8) is 0 Å². The van der Waals surface area contributed by atoms with E-state index >= 15 is 0 Å². The van der Waals surface area contributed by atoms with E-state index in [9.17, 15) is 0 Å². The molecule has 37 valence electrons. The van der Waals surface area contributed by atoms with Gasteiger partial charge in [0.1, 0.15) is 0 Å². The maximum Gasteiger partial charge on any atom is 0 e. The predicted molar refractivity (Wildman–Crippen MR) is 18.9 cm³/mol. The molecule has 0 aliphatic carbocycles. The number of hydrogen-bond donors (Lipinski definition) is 3. The molecule has 3 N–H and O–H groups in total. The Morgan fingerprint density at radius 2 is 1.14 bits per heavy atom. The summed E-state index contributed by atoms with van der Waals surface area (Å²) in [5, 5.41) is 0. The van der Waals surface area contributed by atoms with Gasteiger partial charge in [0.25, 0.3) is 0 Å².